The van der Waals surface area contributed by atoms with Crippen molar-refractivity contribution in [3.8, 4) is 11.5 Å². The van der Waals surface area contributed by atoms with Crippen LogP contribution in [0.2, 0.25) is 5.02 Å². The Kier molecular flexibility index (Phi) is 7.76. The average molecular weight is 377 g/mol. The fourth-order valence-corrected chi connectivity index (χ4v) is 2.23. The highest BCUT2D eigenvalue weighted by Crippen LogP contribution is 2.22. The van der Waals surface area contributed by atoms with Crippen LogP contribution in [-0.4, -0.2) is 25.0 Å². The van der Waals surface area contributed by atoms with E-state index >= 15 is 0 Å². The Hall–Kier alpha value is -2.73. The highest BCUT2D eigenvalue weighted by Gasteiger charge is 2.13. The summed E-state index contributed by atoms with van der Waals surface area (Å²) < 4.78 is 10.9. The third-order valence-corrected chi connectivity index (χ3v) is 3.71. The molecule has 138 valence electrons. The number of unbranched alkanes of at least 4 members (excludes halogenated alkanes) is 1. The molecule has 2 amide bonds. The molecule has 2 N–H and O–H groups in total. The summed E-state index contributed by atoms with van der Waals surface area (Å²) in [5.74, 6) is -0.115. The highest BCUT2D eigenvalue weighted by molar-refractivity contribution is 6.32. The molecule has 0 heterocycles. The number of hydrogen-bond donors (Lipinski definition) is 2. The zero-order valence-electron chi connectivity index (χ0n) is 14.5. The molecule has 0 atom stereocenters. The van der Waals surface area contributed by atoms with Crippen LogP contribution in [-0.2, 0) is 4.79 Å². The molecule has 0 fully saturated rings. The fourth-order valence-electron chi connectivity index (χ4n) is 2.04. The van der Waals surface area contributed by atoms with Gasteiger partial charge in [-0.25, -0.2) is 0 Å². The third kappa shape index (κ3) is 5.97. The molecule has 2 rings (SSSR count). The van der Waals surface area contributed by atoms with Gasteiger partial charge in [-0.15, -0.1) is 0 Å². The number of benzene rings is 2. The first-order chi connectivity index (χ1) is 12.6. The van der Waals surface area contributed by atoms with Gasteiger partial charge in [0.05, 0.1) is 17.2 Å². The Labute approximate surface area is 157 Å². The lowest BCUT2D eigenvalue weighted by molar-refractivity contribution is -0.123. The molecular weight excluding hydrogens is 356 g/mol. The number of hydrogen-bond acceptors (Lipinski definition) is 4. The Bertz CT molecular complexity index is 752. The molecule has 0 aliphatic rings. The number of amides is 2. The summed E-state index contributed by atoms with van der Waals surface area (Å²) in [6, 6.07) is 13.7. The molecule has 0 saturated heterocycles. The first-order valence-corrected chi connectivity index (χ1v) is 8.68. The van der Waals surface area contributed by atoms with Gasteiger partial charge < -0.3 is 9.47 Å². The van der Waals surface area contributed by atoms with Gasteiger partial charge in [-0.2, -0.15) is 0 Å². The monoisotopic (exact) mass is 376 g/mol. The predicted octanol–water partition coefficient (Wildman–Crippen LogP) is 3.36. The van der Waals surface area contributed by atoms with Crippen LogP contribution in [0, 0.1) is 0 Å². The largest absolute Gasteiger partial charge is 0.493 e. The maximum Gasteiger partial charge on any atom is 0.276 e. The van der Waals surface area contributed by atoms with Crippen molar-refractivity contribution in [3.63, 3.8) is 0 Å². The first kappa shape index (κ1) is 19.6. The lowest BCUT2D eigenvalue weighted by atomic mass is 10.2. The van der Waals surface area contributed by atoms with Crippen molar-refractivity contribution in [2.24, 2.45) is 0 Å². The van der Waals surface area contributed by atoms with E-state index in [1.54, 1.807) is 48.5 Å². The van der Waals surface area contributed by atoms with Crippen LogP contribution >= 0.6 is 11.6 Å². The van der Waals surface area contributed by atoms with E-state index in [0.29, 0.717) is 28.7 Å². The highest BCUT2D eigenvalue weighted by atomic mass is 35.5. The molecule has 7 heteroatoms. The maximum atomic E-state index is 12.3. The summed E-state index contributed by atoms with van der Waals surface area (Å²) in [7, 11) is 0. The van der Waals surface area contributed by atoms with Gasteiger partial charge in [0, 0.05) is 0 Å². The van der Waals surface area contributed by atoms with Crippen LogP contribution in [0.4, 0.5) is 0 Å². The van der Waals surface area contributed by atoms with Crippen molar-refractivity contribution < 1.29 is 19.1 Å². The molecule has 0 aromatic heterocycles. The summed E-state index contributed by atoms with van der Waals surface area (Å²) in [6.07, 6.45) is 1.89. The van der Waals surface area contributed by atoms with Crippen molar-refractivity contribution in [2.75, 3.05) is 13.2 Å². The predicted molar refractivity (Wildman–Crippen MR) is 99.4 cm³/mol. The third-order valence-electron chi connectivity index (χ3n) is 3.40. The van der Waals surface area contributed by atoms with Gasteiger partial charge in [-0.1, -0.05) is 49.2 Å². The topological polar surface area (TPSA) is 76.7 Å². The Morgan fingerprint density at radius 1 is 0.962 bits per heavy atom. The van der Waals surface area contributed by atoms with Crippen LogP contribution in [0.25, 0.3) is 0 Å². The number of carbonyl (C=O) groups is 2. The lowest BCUT2D eigenvalue weighted by Gasteiger charge is -2.12. The molecule has 0 spiro atoms. The van der Waals surface area contributed by atoms with E-state index in [1.807, 2.05) is 0 Å². The van der Waals surface area contributed by atoms with Gasteiger partial charge in [-0.3, -0.25) is 20.4 Å². The van der Waals surface area contributed by atoms with Crippen LogP contribution in [0.15, 0.2) is 48.5 Å². The SMILES string of the molecule is CCCCOc1ccccc1C(=O)NNC(=O)COc1ccccc1Cl. The molecule has 26 heavy (non-hydrogen) atoms. The molecule has 2 aromatic carbocycles. The van der Waals surface area contributed by atoms with Crippen LogP contribution in [0.3, 0.4) is 0 Å². The number of rotatable bonds is 8. The standard InChI is InChI=1S/C19H21ClN2O4/c1-2-3-12-25-16-10-6-4-8-14(16)19(24)22-21-18(23)13-26-17-11-7-5-9-15(17)20/h4-11H,2-3,12-13H2,1H3,(H,21,23)(H,22,24). The minimum atomic E-state index is -0.511. The van der Waals surface area contributed by atoms with Crippen LogP contribution in [0.5, 0.6) is 11.5 Å². The minimum Gasteiger partial charge on any atom is -0.493 e. The van der Waals surface area contributed by atoms with Crippen LogP contribution < -0.4 is 20.3 Å². The van der Waals surface area contributed by atoms with E-state index in [-0.39, 0.29) is 6.61 Å². The summed E-state index contributed by atoms with van der Waals surface area (Å²) in [5.41, 5.74) is 5.00. The number of halogens is 1. The molecule has 0 aliphatic carbocycles. The van der Waals surface area contributed by atoms with Gasteiger partial charge in [0.2, 0.25) is 0 Å². The second-order valence-corrected chi connectivity index (χ2v) is 5.83. The van der Waals surface area contributed by atoms with Crippen molar-refractivity contribution in [1.82, 2.24) is 10.9 Å². The second kappa shape index (κ2) is 10.3. The fraction of sp³-hybridized carbons (Fsp3) is 0.263. The summed E-state index contributed by atoms with van der Waals surface area (Å²) >= 11 is 5.94. The number of hydrazine groups is 1. The quantitative estimate of drug-likeness (QED) is 0.547. The first-order valence-electron chi connectivity index (χ1n) is 8.30. The summed E-state index contributed by atoms with van der Waals surface area (Å²) in [5, 5.41) is 0.405. The molecular formula is C19H21ClN2O4. The normalized spacial score (nSPS) is 10.1. The minimum absolute atomic E-state index is 0.279. The molecule has 0 bridgehead atoms. The van der Waals surface area contributed by atoms with Gasteiger partial charge in [0.25, 0.3) is 11.8 Å². The Morgan fingerprint density at radius 2 is 1.65 bits per heavy atom. The Morgan fingerprint density at radius 3 is 2.38 bits per heavy atom. The number of para-hydroxylation sites is 2. The zero-order valence-corrected chi connectivity index (χ0v) is 15.2. The van der Waals surface area contributed by atoms with E-state index < -0.39 is 11.8 Å². The van der Waals surface area contributed by atoms with E-state index in [0.717, 1.165) is 12.8 Å². The van der Waals surface area contributed by atoms with E-state index in [9.17, 15) is 9.59 Å². The second-order valence-electron chi connectivity index (χ2n) is 5.42. The molecule has 2 aromatic rings. The maximum absolute atomic E-state index is 12.3. The van der Waals surface area contributed by atoms with Gasteiger partial charge in [0.15, 0.2) is 6.61 Å². The van der Waals surface area contributed by atoms with E-state index in [2.05, 4.69) is 17.8 Å². The van der Waals surface area contributed by atoms with Gasteiger partial charge in [0.1, 0.15) is 11.5 Å². The lowest BCUT2D eigenvalue weighted by Crippen LogP contribution is -2.43. The van der Waals surface area contributed by atoms with E-state index in [4.69, 9.17) is 21.1 Å². The van der Waals surface area contributed by atoms with Crippen molar-refractivity contribution in [2.45, 2.75) is 19.8 Å². The molecule has 0 radical (unpaired) electrons. The number of carbonyl (C=O) groups excluding carboxylic acids is 2. The molecule has 0 aliphatic heterocycles. The number of ether oxygens (including phenoxy) is 2. The Balaban J connectivity index is 1.84. The van der Waals surface area contributed by atoms with Crippen molar-refractivity contribution >= 4 is 23.4 Å². The van der Waals surface area contributed by atoms with Crippen LogP contribution in [0.1, 0.15) is 30.1 Å². The smallest absolute Gasteiger partial charge is 0.276 e. The van der Waals surface area contributed by atoms with Crippen molar-refractivity contribution in [3.05, 3.63) is 59.1 Å². The van der Waals surface area contributed by atoms with Gasteiger partial charge >= 0.3 is 0 Å². The molecule has 0 saturated carbocycles. The average Bonchev–Trinajstić information content (AvgIpc) is 2.66. The summed E-state index contributed by atoms with van der Waals surface area (Å²) in [4.78, 5) is 24.1. The zero-order chi connectivity index (χ0) is 18.8. The molecule has 0 unspecified atom stereocenters. The van der Waals surface area contributed by atoms with Gasteiger partial charge in [-0.05, 0) is 30.7 Å². The summed E-state index contributed by atoms with van der Waals surface area (Å²) in [6.45, 7) is 2.31. The molecule has 6 nitrogen and oxygen atoms in total. The number of nitrogens with one attached hydrogen (secondary N) is 2. The van der Waals surface area contributed by atoms with Crippen molar-refractivity contribution in [1.29, 1.82) is 0 Å². The van der Waals surface area contributed by atoms with E-state index in [1.165, 1.54) is 0 Å².